The van der Waals surface area contributed by atoms with Crippen LogP contribution in [0.4, 0.5) is 4.79 Å². The molecule has 0 saturated heterocycles. The highest BCUT2D eigenvalue weighted by molar-refractivity contribution is 9.10. The van der Waals surface area contributed by atoms with Crippen LogP contribution in [0.25, 0.3) is 10.8 Å². The van der Waals surface area contributed by atoms with E-state index in [4.69, 9.17) is 18.9 Å². The highest BCUT2D eigenvalue weighted by atomic mass is 79.9. The van der Waals surface area contributed by atoms with Gasteiger partial charge in [0, 0.05) is 15.7 Å². The number of carbonyl (C=O) groups is 2. The number of nitrogens with zero attached hydrogens (tertiary/aromatic N) is 1. The van der Waals surface area contributed by atoms with E-state index in [0.29, 0.717) is 47.3 Å². The second-order valence-electron chi connectivity index (χ2n) is 10.5. The monoisotopic (exact) mass is 702 g/mol. The Bertz CT molecular complexity index is 1820. The Balaban J connectivity index is 1.23. The Hall–Kier alpha value is -5.07. The fourth-order valence-electron chi connectivity index (χ4n) is 5.14. The molecule has 0 unspecified atom stereocenters. The largest absolute Gasteiger partial charge is 0.490 e. The molecule has 0 bridgehead atoms. The number of aliphatic hydroxyl groups is 1. The molecule has 0 saturated carbocycles. The molecule has 0 spiro atoms. The molecule has 0 fully saturated rings. The fraction of sp³-hybridized carbons (Fsp3) is 0.229. The van der Waals surface area contributed by atoms with Gasteiger partial charge in [-0.2, -0.15) is 5.10 Å². The van der Waals surface area contributed by atoms with Crippen LogP contribution in [0.1, 0.15) is 36.6 Å². The lowest BCUT2D eigenvalue weighted by Crippen LogP contribution is -2.45. The molecular weight excluding hydrogens is 668 g/mol. The Morgan fingerprint density at radius 1 is 1.02 bits per heavy atom. The lowest BCUT2D eigenvalue weighted by molar-refractivity contribution is -0.136. The highest BCUT2D eigenvalue weighted by Crippen LogP contribution is 2.35. The van der Waals surface area contributed by atoms with E-state index in [1.54, 1.807) is 31.3 Å². The van der Waals surface area contributed by atoms with Crippen molar-refractivity contribution in [2.45, 2.75) is 32.7 Å². The second kappa shape index (κ2) is 15.5. The van der Waals surface area contributed by atoms with Crippen LogP contribution in [0, 0.1) is 0 Å². The number of nitrogens with one attached hydrogen (secondary N) is 3. The zero-order valence-corrected chi connectivity index (χ0v) is 27.7. The number of allylic oxidation sites excluding steroid dienone is 1. The van der Waals surface area contributed by atoms with Crippen LogP contribution >= 0.6 is 15.9 Å². The van der Waals surface area contributed by atoms with Crippen molar-refractivity contribution in [2.75, 3.05) is 20.3 Å². The average Bonchev–Trinajstić information content (AvgIpc) is 3.06. The summed E-state index contributed by atoms with van der Waals surface area (Å²) in [6.45, 7) is 4.00. The lowest BCUT2D eigenvalue weighted by atomic mass is 9.95. The van der Waals surface area contributed by atoms with E-state index in [9.17, 15) is 14.7 Å². The number of rotatable bonds is 13. The Morgan fingerprint density at radius 2 is 1.81 bits per heavy atom. The van der Waals surface area contributed by atoms with Gasteiger partial charge in [-0.1, -0.05) is 64.5 Å². The number of hydrazone groups is 1. The molecule has 1 aliphatic heterocycles. The summed E-state index contributed by atoms with van der Waals surface area (Å²) in [5.74, 6) is 0.790. The number of aliphatic hydroxyl groups excluding tert-OH is 1. The fourth-order valence-corrected chi connectivity index (χ4v) is 5.52. The number of methoxy groups -OCH3 is 1. The van der Waals surface area contributed by atoms with E-state index >= 15 is 0 Å². The van der Waals surface area contributed by atoms with Crippen molar-refractivity contribution in [3.63, 3.8) is 0 Å². The maximum atomic E-state index is 12.5. The summed E-state index contributed by atoms with van der Waals surface area (Å²) in [6, 6.07) is 23.7. The number of carbonyl (C=O) groups excluding carboxylic acids is 2. The number of amides is 2. The molecular formula is C35H35BrN4O7. The number of esters is 1. The average molecular weight is 704 g/mol. The molecule has 1 heterocycles. The van der Waals surface area contributed by atoms with Gasteiger partial charge in [-0.25, -0.2) is 9.59 Å². The first kappa shape index (κ1) is 33.3. The van der Waals surface area contributed by atoms with Gasteiger partial charge in [0.25, 0.3) is 0 Å². The Morgan fingerprint density at radius 3 is 2.62 bits per heavy atom. The van der Waals surface area contributed by atoms with Gasteiger partial charge in [-0.3, -0.25) is 5.43 Å². The zero-order chi connectivity index (χ0) is 33.3. The normalized spacial score (nSPS) is 15.2. The van der Waals surface area contributed by atoms with Crippen LogP contribution in [0.2, 0.25) is 0 Å². The summed E-state index contributed by atoms with van der Waals surface area (Å²) < 4.78 is 23.6. The Labute approximate surface area is 280 Å². The van der Waals surface area contributed by atoms with E-state index in [1.807, 2.05) is 49.4 Å². The van der Waals surface area contributed by atoms with Crippen molar-refractivity contribution in [3.05, 3.63) is 111 Å². The summed E-state index contributed by atoms with van der Waals surface area (Å²) >= 11 is 3.50. The van der Waals surface area contributed by atoms with Gasteiger partial charge in [0.15, 0.2) is 17.7 Å². The summed E-state index contributed by atoms with van der Waals surface area (Å²) in [4.78, 5) is 24.7. The first-order valence-corrected chi connectivity index (χ1v) is 15.7. The molecule has 5 rings (SSSR count). The maximum Gasteiger partial charge on any atom is 0.337 e. The van der Waals surface area contributed by atoms with Gasteiger partial charge < -0.3 is 34.7 Å². The number of benzene rings is 4. The molecule has 12 heteroatoms. The van der Waals surface area contributed by atoms with Crippen LogP contribution in [0.3, 0.4) is 0 Å². The third-order valence-corrected chi connectivity index (χ3v) is 7.83. The summed E-state index contributed by atoms with van der Waals surface area (Å²) in [5, 5.41) is 22.4. The van der Waals surface area contributed by atoms with Crippen LogP contribution in [0.15, 0.2) is 99.7 Å². The summed E-state index contributed by atoms with van der Waals surface area (Å²) in [7, 11) is 1.28. The van der Waals surface area contributed by atoms with Crippen LogP contribution in [-0.4, -0.2) is 49.9 Å². The van der Waals surface area contributed by atoms with Gasteiger partial charge in [0.1, 0.15) is 19.0 Å². The number of hydrogen-bond donors (Lipinski definition) is 4. The standard InChI is InChI=1S/C35H35BrN4O7/c1-4-45-30-17-23(33-32(34(42)44-3)21(2)38-35(43)39-33)12-14-29(30)47-20-31(41)40-37-18-25-16-26(36)13-15-28(25)46-19-24-10-7-9-22-8-5-6-11-27(22)24/h5-18,31,33,40-41H,4,19-20H2,1-3H3,(H2,38,39,43)/b37-18-/t31-,33+/m1/s1. The molecule has 4 aromatic rings. The molecule has 4 aromatic carbocycles. The number of fused-ring (bicyclic) bond motifs is 1. The van der Waals surface area contributed by atoms with Crippen molar-refractivity contribution in [3.8, 4) is 17.2 Å². The Kier molecular flexibility index (Phi) is 11.0. The SMILES string of the molecule is CCOc1cc([C@@H]2NC(=O)NC(C)=C2C(=O)OC)ccc1OC[C@@H](O)N/N=C\c1cc(Br)ccc1OCc1cccc2ccccc12. The van der Waals surface area contributed by atoms with E-state index in [1.165, 1.54) is 7.11 Å². The third-order valence-electron chi connectivity index (χ3n) is 7.33. The van der Waals surface area contributed by atoms with Crippen molar-refractivity contribution in [1.29, 1.82) is 0 Å². The first-order valence-electron chi connectivity index (χ1n) is 14.9. The van der Waals surface area contributed by atoms with Gasteiger partial charge in [0.05, 0.1) is 31.5 Å². The molecule has 0 aliphatic carbocycles. The van der Waals surface area contributed by atoms with Gasteiger partial charge >= 0.3 is 12.0 Å². The highest BCUT2D eigenvalue weighted by Gasteiger charge is 2.32. The minimum absolute atomic E-state index is 0.157. The number of ether oxygens (including phenoxy) is 4. The molecule has 47 heavy (non-hydrogen) atoms. The van der Waals surface area contributed by atoms with Gasteiger partial charge in [-0.05, 0) is 66.1 Å². The van der Waals surface area contributed by atoms with E-state index in [0.717, 1.165) is 20.8 Å². The molecule has 2 atom stereocenters. The van der Waals surface area contributed by atoms with Crippen molar-refractivity contribution < 1.29 is 33.6 Å². The second-order valence-corrected chi connectivity index (χ2v) is 11.4. The predicted octanol–water partition coefficient (Wildman–Crippen LogP) is 5.70. The maximum absolute atomic E-state index is 12.5. The summed E-state index contributed by atoms with van der Waals surface area (Å²) in [6.07, 6.45) is 0.405. The topological polar surface area (TPSA) is 140 Å². The van der Waals surface area contributed by atoms with Crippen molar-refractivity contribution >= 4 is 44.9 Å². The van der Waals surface area contributed by atoms with Crippen molar-refractivity contribution in [1.82, 2.24) is 16.1 Å². The third kappa shape index (κ3) is 8.21. The van der Waals surface area contributed by atoms with Crippen LogP contribution in [-0.2, 0) is 16.1 Å². The first-order chi connectivity index (χ1) is 22.8. The lowest BCUT2D eigenvalue weighted by Gasteiger charge is -2.28. The number of halogens is 1. The minimum atomic E-state index is -1.16. The van der Waals surface area contributed by atoms with E-state index in [2.05, 4.69) is 55.3 Å². The molecule has 2 amide bonds. The van der Waals surface area contributed by atoms with Crippen LogP contribution in [0.5, 0.6) is 17.2 Å². The van der Waals surface area contributed by atoms with E-state index in [-0.39, 0.29) is 12.2 Å². The quantitative estimate of drug-likeness (QED) is 0.0602. The summed E-state index contributed by atoms with van der Waals surface area (Å²) in [5.41, 5.74) is 5.69. The molecule has 4 N–H and O–H groups in total. The molecule has 11 nitrogen and oxygen atoms in total. The van der Waals surface area contributed by atoms with Crippen molar-refractivity contribution in [2.24, 2.45) is 5.10 Å². The number of urea groups is 1. The van der Waals surface area contributed by atoms with E-state index < -0.39 is 24.3 Å². The van der Waals surface area contributed by atoms with Crippen LogP contribution < -0.4 is 30.3 Å². The molecule has 1 aliphatic rings. The molecule has 0 aromatic heterocycles. The molecule has 244 valence electrons. The predicted molar refractivity (Wildman–Crippen MR) is 181 cm³/mol. The zero-order valence-electron chi connectivity index (χ0n) is 26.1. The number of hydrogen-bond acceptors (Lipinski definition) is 9. The minimum Gasteiger partial charge on any atom is -0.490 e. The molecule has 0 radical (unpaired) electrons. The van der Waals surface area contributed by atoms with Gasteiger partial charge in [-0.15, -0.1) is 0 Å². The van der Waals surface area contributed by atoms with Gasteiger partial charge in [0.2, 0.25) is 0 Å². The smallest absolute Gasteiger partial charge is 0.337 e.